The molecule has 1 saturated heterocycles. The summed E-state index contributed by atoms with van der Waals surface area (Å²) in [6, 6.07) is 8.82. The lowest BCUT2D eigenvalue weighted by atomic mass is 10.2. The Labute approximate surface area is 219 Å². The Morgan fingerprint density at radius 3 is 2.63 bits per heavy atom. The number of halogens is 4. The minimum atomic E-state index is -4.68. The first-order valence-corrected chi connectivity index (χ1v) is 11.6. The summed E-state index contributed by atoms with van der Waals surface area (Å²) in [5.74, 6) is 0.776. The van der Waals surface area contributed by atoms with Crippen molar-refractivity contribution in [1.82, 2.24) is 20.0 Å². The molecule has 0 radical (unpaired) electrons. The normalized spacial score (nSPS) is 20.2. The van der Waals surface area contributed by atoms with Crippen LogP contribution >= 0.6 is 11.6 Å². The summed E-state index contributed by atoms with van der Waals surface area (Å²) in [5.41, 5.74) is 2.83. The number of hydrogen-bond donors (Lipinski definition) is 3. The predicted molar refractivity (Wildman–Crippen MR) is 131 cm³/mol. The van der Waals surface area contributed by atoms with Crippen LogP contribution in [0, 0.1) is 11.3 Å². The Hall–Kier alpha value is -4.19. The number of rotatable bonds is 4. The monoisotopic (exact) mass is 545 g/mol. The minimum absolute atomic E-state index is 0.0996. The van der Waals surface area contributed by atoms with Crippen molar-refractivity contribution in [2.45, 2.75) is 25.3 Å². The number of carbonyl (C=O) groups excluding carboxylic acids is 1. The smallest absolute Gasteiger partial charge is 0.364 e. The Bertz CT molecular complexity index is 1430. The number of aromatic nitrogens is 3. The lowest BCUT2D eigenvalue weighted by Gasteiger charge is -2.39. The van der Waals surface area contributed by atoms with Crippen LogP contribution in [0.2, 0.25) is 5.02 Å². The highest BCUT2D eigenvalue weighted by Crippen LogP contribution is 2.36. The third-order valence-corrected chi connectivity index (χ3v) is 6.06. The van der Waals surface area contributed by atoms with Gasteiger partial charge in [0.1, 0.15) is 18.5 Å². The molecule has 2 aliphatic rings. The van der Waals surface area contributed by atoms with Gasteiger partial charge in [-0.1, -0.05) is 11.6 Å². The van der Waals surface area contributed by atoms with Crippen molar-refractivity contribution in [1.29, 1.82) is 5.26 Å². The van der Waals surface area contributed by atoms with E-state index in [0.29, 0.717) is 30.5 Å². The molecule has 5 rings (SSSR count). The molecule has 3 aromatic rings. The van der Waals surface area contributed by atoms with Crippen LogP contribution in [0.15, 0.2) is 42.7 Å². The van der Waals surface area contributed by atoms with Crippen LogP contribution in [-0.4, -0.2) is 45.2 Å². The molecule has 15 heteroatoms. The van der Waals surface area contributed by atoms with Gasteiger partial charge in [0, 0.05) is 17.9 Å². The number of nitrogens with zero attached hydrogens (tertiary/aromatic N) is 6. The Morgan fingerprint density at radius 2 is 1.89 bits per heavy atom. The topological polar surface area (TPSA) is 131 Å². The number of carbonyl (C=O) groups is 1. The summed E-state index contributed by atoms with van der Waals surface area (Å²) in [6.45, 7) is 2.87. The van der Waals surface area contributed by atoms with E-state index in [1.165, 1.54) is 30.6 Å². The van der Waals surface area contributed by atoms with Crippen LogP contribution < -0.4 is 21.2 Å². The fourth-order valence-corrected chi connectivity index (χ4v) is 4.30. The van der Waals surface area contributed by atoms with Gasteiger partial charge in [-0.3, -0.25) is 5.43 Å². The number of alkyl halides is 3. The van der Waals surface area contributed by atoms with E-state index in [0.717, 1.165) is 12.1 Å². The largest absolute Gasteiger partial charge is 0.417 e. The number of anilines is 4. The van der Waals surface area contributed by atoms with E-state index >= 15 is 0 Å². The van der Waals surface area contributed by atoms with Gasteiger partial charge in [-0.05, 0) is 43.3 Å². The molecule has 0 saturated carbocycles. The second kappa shape index (κ2) is 9.93. The van der Waals surface area contributed by atoms with Crippen molar-refractivity contribution in [2.75, 3.05) is 34.3 Å². The lowest BCUT2D eigenvalue weighted by Crippen LogP contribution is -2.54. The Balaban J connectivity index is 1.36. The predicted octanol–water partition coefficient (Wildman–Crippen LogP) is 4.58. The summed E-state index contributed by atoms with van der Waals surface area (Å²) in [5, 5.41) is 17.6. The first-order chi connectivity index (χ1) is 18.1. The number of hydrogen-bond acceptors (Lipinski definition) is 9. The van der Waals surface area contributed by atoms with Gasteiger partial charge in [0.2, 0.25) is 0 Å². The number of hydrazine groups is 2. The summed E-state index contributed by atoms with van der Waals surface area (Å²) in [6.07, 6.45) is -3.79. The molecule has 2 aromatic carbocycles. The van der Waals surface area contributed by atoms with Crippen molar-refractivity contribution >= 4 is 40.6 Å². The zero-order valence-electron chi connectivity index (χ0n) is 19.6. The fourth-order valence-electron chi connectivity index (χ4n) is 4.08. The first-order valence-electron chi connectivity index (χ1n) is 11.3. The van der Waals surface area contributed by atoms with E-state index in [1.54, 1.807) is 5.12 Å². The molecule has 196 valence electrons. The number of amides is 2. The highest BCUT2D eigenvalue weighted by molar-refractivity contribution is 6.31. The van der Waals surface area contributed by atoms with Crippen molar-refractivity contribution in [3.05, 3.63) is 64.7 Å². The van der Waals surface area contributed by atoms with Gasteiger partial charge in [0.25, 0.3) is 5.95 Å². The molecule has 4 bridgehead atoms. The SMILES string of the molecule is CC1CN2CC(O1)c1ncnc(n1)N2Nc1cc(NC(=O)Nc2ccc(Cl)c(C(F)(F)F)c2)ccc1C#N. The van der Waals surface area contributed by atoms with Gasteiger partial charge in [0.05, 0.1) is 34.5 Å². The molecule has 11 nitrogen and oxygen atoms in total. The maximum atomic E-state index is 13.1. The number of urea groups is 1. The van der Waals surface area contributed by atoms with Gasteiger partial charge < -0.3 is 15.4 Å². The molecular weight excluding hydrogens is 527 g/mol. The standard InChI is InChI=1S/C23H19ClF3N9O2/c1-12-9-35-10-19(38-12)20-29-11-30-21(33-20)36(35)34-18-7-15(3-2-13(18)8-28)32-22(37)31-14-4-5-17(24)16(6-14)23(25,26)27/h2-7,11-12,19,34H,9-10H2,1H3,(H2,31,32,37). The second-order valence-electron chi connectivity index (χ2n) is 8.52. The Kier molecular flexibility index (Phi) is 6.66. The van der Waals surface area contributed by atoms with E-state index in [2.05, 4.69) is 37.1 Å². The maximum absolute atomic E-state index is 13.1. The molecule has 0 spiro atoms. The summed E-state index contributed by atoms with van der Waals surface area (Å²) >= 11 is 5.64. The molecule has 1 fully saturated rings. The Morgan fingerprint density at radius 1 is 1.16 bits per heavy atom. The van der Waals surface area contributed by atoms with Gasteiger partial charge in [-0.2, -0.15) is 38.5 Å². The van der Waals surface area contributed by atoms with E-state index in [4.69, 9.17) is 16.3 Å². The van der Waals surface area contributed by atoms with Crippen LogP contribution in [0.1, 0.15) is 30.0 Å². The number of nitrogens with one attached hydrogen (secondary N) is 3. The number of nitriles is 1. The average molecular weight is 546 g/mol. The van der Waals surface area contributed by atoms with Crippen LogP contribution in [0.4, 0.5) is 41.0 Å². The number of benzene rings is 2. The first kappa shape index (κ1) is 25.5. The number of morpholine rings is 1. The lowest BCUT2D eigenvalue weighted by molar-refractivity contribution is -0.137. The number of ether oxygens (including phenoxy) is 1. The van der Waals surface area contributed by atoms with E-state index in [1.807, 2.05) is 11.9 Å². The van der Waals surface area contributed by atoms with E-state index in [-0.39, 0.29) is 29.1 Å². The average Bonchev–Trinajstić information content (AvgIpc) is 2.93. The van der Waals surface area contributed by atoms with Gasteiger partial charge in [-0.25, -0.2) is 9.78 Å². The second-order valence-corrected chi connectivity index (χ2v) is 8.93. The van der Waals surface area contributed by atoms with E-state index < -0.39 is 22.8 Å². The molecule has 38 heavy (non-hydrogen) atoms. The molecule has 3 heterocycles. The van der Waals surface area contributed by atoms with Crippen LogP contribution in [0.25, 0.3) is 0 Å². The zero-order chi connectivity index (χ0) is 27.0. The summed E-state index contributed by atoms with van der Waals surface area (Å²) in [7, 11) is 0. The van der Waals surface area contributed by atoms with Gasteiger partial charge in [0.15, 0.2) is 5.82 Å². The zero-order valence-corrected chi connectivity index (χ0v) is 20.4. The third kappa shape index (κ3) is 5.25. The molecule has 3 N–H and O–H groups in total. The molecule has 2 amide bonds. The summed E-state index contributed by atoms with van der Waals surface area (Å²) < 4.78 is 45.4. The molecule has 3 atom stereocenters. The highest BCUT2D eigenvalue weighted by Gasteiger charge is 2.37. The molecule has 3 unspecified atom stereocenters. The van der Waals surface area contributed by atoms with Crippen molar-refractivity contribution in [2.24, 2.45) is 0 Å². The highest BCUT2D eigenvalue weighted by atomic mass is 35.5. The van der Waals surface area contributed by atoms with Gasteiger partial charge in [-0.15, -0.1) is 0 Å². The van der Waals surface area contributed by atoms with E-state index in [9.17, 15) is 23.2 Å². The van der Waals surface area contributed by atoms with Crippen LogP contribution in [0.5, 0.6) is 0 Å². The molecule has 1 aromatic heterocycles. The van der Waals surface area contributed by atoms with Crippen LogP contribution in [-0.2, 0) is 10.9 Å². The van der Waals surface area contributed by atoms with Crippen molar-refractivity contribution in [3.63, 3.8) is 0 Å². The molecule has 2 aliphatic heterocycles. The number of fused-ring (bicyclic) bond motifs is 5. The van der Waals surface area contributed by atoms with Crippen molar-refractivity contribution in [3.8, 4) is 6.07 Å². The quantitative estimate of drug-likeness (QED) is 0.431. The van der Waals surface area contributed by atoms with Crippen molar-refractivity contribution < 1.29 is 22.7 Å². The molecular formula is C23H19ClF3N9O2. The fraction of sp³-hybridized carbons (Fsp3) is 0.261. The third-order valence-electron chi connectivity index (χ3n) is 5.73. The summed E-state index contributed by atoms with van der Waals surface area (Å²) in [4.78, 5) is 25.4. The van der Waals surface area contributed by atoms with Crippen LogP contribution in [0.3, 0.4) is 0 Å². The van der Waals surface area contributed by atoms with Gasteiger partial charge >= 0.3 is 12.2 Å². The molecule has 0 aliphatic carbocycles. The minimum Gasteiger partial charge on any atom is -0.364 e. The maximum Gasteiger partial charge on any atom is 0.417 e.